The predicted molar refractivity (Wildman–Crippen MR) is 86.2 cm³/mol. The molecule has 0 N–H and O–H groups in total. The van der Waals surface area contributed by atoms with Gasteiger partial charge in [0.25, 0.3) is 0 Å². The summed E-state index contributed by atoms with van der Waals surface area (Å²) >= 11 is 0.878. The molecule has 0 saturated heterocycles. The second-order valence-corrected chi connectivity index (χ2v) is 7.56. The molecule has 0 aliphatic carbocycles. The van der Waals surface area contributed by atoms with E-state index >= 15 is 0 Å². The van der Waals surface area contributed by atoms with E-state index in [2.05, 4.69) is 77.4 Å². The molecule has 1 nitrogen and oxygen atoms in total. The number of fused-ring (bicyclic) bond motifs is 3. The molecular formula is C18H12NTl. The summed E-state index contributed by atoms with van der Waals surface area (Å²) in [6, 6.07) is 26.1. The summed E-state index contributed by atoms with van der Waals surface area (Å²) < 4.78 is 3.82. The number of hydrogen-bond acceptors (Lipinski definition) is 0. The van der Waals surface area contributed by atoms with Crippen molar-refractivity contribution in [2.45, 2.75) is 0 Å². The molecule has 0 fully saturated rings. The first-order valence-electron chi connectivity index (χ1n) is 6.69. The van der Waals surface area contributed by atoms with Crippen molar-refractivity contribution < 1.29 is 0 Å². The van der Waals surface area contributed by atoms with E-state index in [-0.39, 0.29) is 0 Å². The molecule has 1 heterocycles. The van der Waals surface area contributed by atoms with E-state index in [4.69, 9.17) is 0 Å². The van der Waals surface area contributed by atoms with Gasteiger partial charge >= 0.3 is 134 Å². The van der Waals surface area contributed by atoms with Crippen LogP contribution in [0.2, 0.25) is 0 Å². The third-order valence-electron chi connectivity index (χ3n) is 3.71. The molecule has 0 radical (unpaired) electrons. The van der Waals surface area contributed by atoms with Crippen molar-refractivity contribution >= 4 is 50.7 Å². The molecule has 0 amide bonds. The maximum absolute atomic E-state index is 2.36. The Labute approximate surface area is 133 Å². The number of nitrogens with zero attached hydrogens (tertiary/aromatic N) is 1. The van der Waals surface area contributed by atoms with Crippen LogP contribution in [0.1, 0.15) is 0 Å². The molecular weight excluding hydrogens is 435 g/mol. The number of aromatic nitrogens is 1. The molecule has 0 saturated carbocycles. The van der Waals surface area contributed by atoms with Crippen LogP contribution in [0.25, 0.3) is 27.5 Å². The van der Waals surface area contributed by atoms with Gasteiger partial charge in [-0.25, -0.2) is 0 Å². The van der Waals surface area contributed by atoms with Gasteiger partial charge in [-0.05, 0) is 0 Å². The van der Waals surface area contributed by atoms with Crippen LogP contribution < -0.4 is 3.12 Å². The molecule has 4 aromatic rings. The van der Waals surface area contributed by atoms with Crippen LogP contribution in [-0.4, -0.2) is 30.3 Å². The van der Waals surface area contributed by atoms with Gasteiger partial charge < -0.3 is 0 Å². The first-order chi connectivity index (χ1) is 9.84. The Morgan fingerprint density at radius 2 is 1.35 bits per heavy atom. The average Bonchev–Trinajstić information content (AvgIpc) is 2.82. The molecule has 4 rings (SSSR count). The van der Waals surface area contributed by atoms with Crippen molar-refractivity contribution in [2.24, 2.45) is 0 Å². The Morgan fingerprint density at radius 3 is 2.20 bits per heavy atom. The second kappa shape index (κ2) is 4.74. The molecule has 0 atom stereocenters. The van der Waals surface area contributed by atoms with E-state index in [1.165, 1.54) is 30.6 Å². The van der Waals surface area contributed by atoms with Crippen LogP contribution in [0.4, 0.5) is 0 Å². The SMILES string of the molecule is [Tl][c]1ccc2c(c1)c1ccccc1n2-c1ccccc1. The third-order valence-corrected chi connectivity index (χ3v) is 5.11. The van der Waals surface area contributed by atoms with Crippen molar-refractivity contribution in [1.82, 2.24) is 4.57 Å². The van der Waals surface area contributed by atoms with Gasteiger partial charge in [0.2, 0.25) is 0 Å². The molecule has 0 aliphatic heterocycles. The summed E-state index contributed by atoms with van der Waals surface area (Å²) in [6.45, 7) is 0. The summed E-state index contributed by atoms with van der Waals surface area (Å²) in [6.07, 6.45) is 0. The van der Waals surface area contributed by atoms with Crippen molar-refractivity contribution in [3.8, 4) is 5.69 Å². The minimum absolute atomic E-state index is 0.878. The summed E-state index contributed by atoms with van der Waals surface area (Å²) in [7, 11) is 0. The monoisotopic (exact) mass is 447 g/mol. The standard InChI is InChI=1S/C18H12N.Tl/c1-2-8-14(9-3-1)19-17-12-6-4-10-15(17)16-11-5-7-13-18(16)19;/h1-4,6-13H;. The molecule has 0 bridgehead atoms. The van der Waals surface area contributed by atoms with Crippen LogP contribution >= 0.6 is 0 Å². The Hall–Kier alpha value is -1.62. The van der Waals surface area contributed by atoms with Gasteiger partial charge in [-0.2, -0.15) is 0 Å². The van der Waals surface area contributed by atoms with Gasteiger partial charge in [-0.15, -0.1) is 0 Å². The molecule has 92 valence electrons. The molecule has 0 aliphatic rings. The molecule has 2 heteroatoms. The summed E-state index contributed by atoms with van der Waals surface area (Å²) in [5.41, 5.74) is 3.80. The van der Waals surface area contributed by atoms with E-state index in [0.29, 0.717) is 0 Å². The fourth-order valence-electron chi connectivity index (χ4n) is 2.85. The topological polar surface area (TPSA) is 4.93 Å². The van der Waals surface area contributed by atoms with Gasteiger partial charge in [-0.3, -0.25) is 0 Å². The Kier molecular flexibility index (Phi) is 2.88. The predicted octanol–water partition coefficient (Wildman–Crippen LogP) is 3.58. The molecule has 3 aromatic carbocycles. The van der Waals surface area contributed by atoms with Crippen molar-refractivity contribution in [3.63, 3.8) is 0 Å². The molecule has 0 spiro atoms. The van der Waals surface area contributed by atoms with Crippen molar-refractivity contribution in [3.05, 3.63) is 72.8 Å². The average molecular weight is 447 g/mol. The number of rotatable bonds is 1. The van der Waals surface area contributed by atoms with Gasteiger partial charge in [-0.1, -0.05) is 0 Å². The van der Waals surface area contributed by atoms with Gasteiger partial charge in [0.15, 0.2) is 0 Å². The summed E-state index contributed by atoms with van der Waals surface area (Å²) in [5.74, 6) is 0. The summed E-state index contributed by atoms with van der Waals surface area (Å²) in [4.78, 5) is 0. The molecule has 20 heavy (non-hydrogen) atoms. The van der Waals surface area contributed by atoms with Gasteiger partial charge in [0.1, 0.15) is 0 Å². The van der Waals surface area contributed by atoms with E-state index in [1.807, 2.05) is 0 Å². The van der Waals surface area contributed by atoms with Gasteiger partial charge in [0, 0.05) is 0 Å². The Bertz CT molecular complexity index is 907. The quantitative estimate of drug-likeness (QED) is 0.394. The molecule has 1 aromatic heterocycles. The second-order valence-electron chi connectivity index (χ2n) is 4.96. The fraction of sp³-hybridized carbons (Fsp3) is 0. The zero-order valence-electron chi connectivity index (χ0n) is 11.0. The zero-order valence-corrected chi connectivity index (χ0v) is 15.4. The van der Waals surface area contributed by atoms with Crippen LogP contribution in [0.5, 0.6) is 0 Å². The number of hydrogen-bond donors (Lipinski definition) is 0. The fourth-order valence-corrected chi connectivity index (χ4v) is 3.87. The number of para-hydroxylation sites is 2. The van der Waals surface area contributed by atoms with E-state index in [9.17, 15) is 0 Å². The Balaban J connectivity index is 2.22. The Morgan fingerprint density at radius 1 is 0.650 bits per heavy atom. The van der Waals surface area contributed by atoms with Crippen molar-refractivity contribution in [1.29, 1.82) is 0 Å². The maximum atomic E-state index is 2.36. The van der Waals surface area contributed by atoms with Crippen LogP contribution in [0, 0.1) is 0 Å². The van der Waals surface area contributed by atoms with Crippen LogP contribution in [0.3, 0.4) is 0 Å². The first kappa shape index (κ1) is 12.1. The molecule has 0 unspecified atom stereocenters. The number of benzene rings is 3. The van der Waals surface area contributed by atoms with Crippen LogP contribution in [-0.2, 0) is 0 Å². The zero-order chi connectivity index (χ0) is 13.5. The normalized spacial score (nSPS) is 11.2. The summed E-state index contributed by atoms with van der Waals surface area (Å²) in [5, 5.41) is 2.71. The first-order valence-corrected chi connectivity index (χ1v) is 8.93. The minimum atomic E-state index is 0.878. The van der Waals surface area contributed by atoms with Crippen molar-refractivity contribution in [2.75, 3.05) is 0 Å². The third kappa shape index (κ3) is 1.80. The van der Waals surface area contributed by atoms with E-state index in [1.54, 1.807) is 0 Å². The van der Waals surface area contributed by atoms with E-state index < -0.39 is 0 Å². The van der Waals surface area contributed by atoms with E-state index in [0.717, 1.165) is 25.8 Å². The van der Waals surface area contributed by atoms with Gasteiger partial charge in [0.05, 0.1) is 0 Å². The van der Waals surface area contributed by atoms with Crippen LogP contribution in [0.15, 0.2) is 72.8 Å².